The van der Waals surface area contributed by atoms with Gasteiger partial charge in [0.15, 0.2) is 6.61 Å². The van der Waals surface area contributed by atoms with Crippen molar-refractivity contribution in [2.75, 3.05) is 19.0 Å². The van der Waals surface area contributed by atoms with E-state index < -0.39 is 18.5 Å². The molecule has 0 aromatic heterocycles. The summed E-state index contributed by atoms with van der Waals surface area (Å²) >= 11 is 12.3. The summed E-state index contributed by atoms with van der Waals surface area (Å²) in [5, 5.41) is 3.71. The van der Waals surface area contributed by atoms with Gasteiger partial charge in [-0.15, -0.1) is 0 Å². The molecule has 3 rings (SSSR count). The van der Waals surface area contributed by atoms with Crippen LogP contribution in [0.1, 0.15) is 11.1 Å². The molecule has 0 fully saturated rings. The Hall–Kier alpha value is -3.48. The molecule has 3 aromatic carbocycles. The first kappa shape index (κ1) is 24.2. The van der Waals surface area contributed by atoms with Gasteiger partial charge in [-0.3, -0.25) is 4.79 Å². The zero-order valence-electron chi connectivity index (χ0n) is 17.7. The molecular weight excluding hydrogens is 465 g/mol. The number of carbonyl (C=O) groups is 2. The Kier molecular flexibility index (Phi) is 8.75. The molecule has 1 amide bonds. The van der Waals surface area contributed by atoms with Gasteiger partial charge in [0, 0.05) is 21.7 Å². The highest BCUT2D eigenvalue weighted by Crippen LogP contribution is 2.26. The Labute approximate surface area is 201 Å². The highest BCUT2D eigenvalue weighted by Gasteiger charge is 2.09. The van der Waals surface area contributed by atoms with E-state index in [-0.39, 0.29) is 6.61 Å². The number of amides is 1. The second-order valence-corrected chi connectivity index (χ2v) is 7.56. The van der Waals surface area contributed by atoms with Gasteiger partial charge >= 0.3 is 5.97 Å². The molecular formula is C25H21Cl2NO5. The van der Waals surface area contributed by atoms with Gasteiger partial charge in [-0.05, 0) is 48.0 Å². The van der Waals surface area contributed by atoms with E-state index in [9.17, 15) is 9.59 Å². The number of para-hydroxylation sites is 2. The van der Waals surface area contributed by atoms with Crippen LogP contribution in [0.3, 0.4) is 0 Å². The minimum absolute atomic E-state index is 0.233. The van der Waals surface area contributed by atoms with Gasteiger partial charge in [0.25, 0.3) is 5.91 Å². The Morgan fingerprint density at radius 3 is 2.33 bits per heavy atom. The molecule has 8 heteroatoms. The number of methoxy groups -OCH3 is 1. The Balaban J connectivity index is 1.46. The number of nitrogens with one attached hydrogen (secondary N) is 1. The van der Waals surface area contributed by atoms with Crippen LogP contribution in [0, 0.1) is 0 Å². The smallest absolute Gasteiger partial charge is 0.331 e. The summed E-state index contributed by atoms with van der Waals surface area (Å²) in [7, 11) is 1.50. The van der Waals surface area contributed by atoms with Crippen LogP contribution < -0.4 is 14.8 Å². The summed E-state index contributed by atoms with van der Waals surface area (Å²) in [6.45, 7) is -0.185. The number of halogens is 2. The average Bonchev–Trinajstić information content (AvgIpc) is 2.82. The Morgan fingerprint density at radius 2 is 1.64 bits per heavy atom. The van der Waals surface area contributed by atoms with Crippen molar-refractivity contribution in [1.82, 2.24) is 0 Å². The molecule has 0 heterocycles. The van der Waals surface area contributed by atoms with Crippen LogP contribution in [0.5, 0.6) is 11.5 Å². The normalized spacial score (nSPS) is 10.6. The van der Waals surface area contributed by atoms with Crippen LogP contribution in [-0.2, 0) is 20.9 Å². The fraction of sp³-hybridized carbons (Fsp3) is 0.120. The Bertz CT molecular complexity index is 1130. The van der Waals surface area contributed by atoms with Crippen molar-refractivity contribution in [2.24, 2.45) is 0 Å². The molecule has 0 saturated carbocycles. The van der Waals surface area contributed by atoms with Crippen LogP contribution in [0.2, 0.25) is 10.0 Å². The molecule has 0 radical (unpaired) electrons. The summed E-state index contributed by atoms with van der Waals surface area (Å²) in [6.07, 6.45) is 2.82. The molecule has 6 nitrogen and oxygen atoms in total. The average molecular weight is 486 g/mol. The highest BCUT2D eigenvalue weighted by molar-refractivity contribution is 6.35. The van der Waals surface area contributed by atoms with E-state index >= 15 is 0 Å². The minimum atomic E-state index is -0.640. The lowest BCUT2D eigenvalue weighted by molar-refractivity contribution is -0.142. The summed E-state index contributed by atoms with van der Waals surface area (Å²) in [5.41, 5.74) is 1.96. The zero-order valence-corrected chi connectivity index (χ0v) is 19.2. The van der Waals surface area contributed by atoms with Crippen molar-refractivity contribution in [1.29, 1.82) is 0 Å². The molecule has 0 unspecified atom stereocenters. The number of benzene rings is 3. The largest absolute Gasteiger partial charge is 0.495 e. The molecule has 0 saturated heterocycles. The summed E-state index contributed by atoms with van der Waals surface area (Å²) in [4.78, 5) is 23.9. The third-order valence-electron chi connectivity index (χ3n) is 4.46. The lowest BCUT2D eigenvalue weighted by Gasteiger charge is -2.10. The minimum Gasteiger partial charge on any atom is -0.495 e. The predicted molar refractivity (Wildman–Crippen MR) is 129 cm³/mol. The SMILES string of the molecule is COc1ccccc1NC(=O)COC(=O)/C=C/c1ccc(OCc2c(Cl)cccc2Cl)cc1. The first-order valence-corrected chi connectivity index (χ1v) is 10.7. The van der Waals surface area contributed by atoms with E-state index in [4.69, 9.17) is 37.4 Å². The lowest BCUT2D eigenvalue weighted by Crippen LogP contribution is -2.20. The molecule has 170 valence electrons. The maximum Gasteiger partial charge on any atom is 0.331 e. The molecule has 3 aromatic rings. The van der Waals surface area contributed by atoms with Gasteiger partial charge in [0.05, 0.1) is 12.8 Å². The van der Waals surface area contributed by atoms with Crippen molar-refractivity contribution in [3.05, 3.63) is 94.0 Å². The highest BCUT2D eigenvalue weighted by atomic mass is 35.5. The Morgan fingerprint density at radius 1 is 0.939 bits per heavy atom. The fourth-order valence-corrected chi connectivity index (χ4v) is 3.29. The molecule has 1 N–H and O–H groups in total. The molecule has 33 heavy (non-hydrogen) atoms. The van der Waals surface area contributed by atoms with Crippen molar-refractivity contribution in [3.63, 3.8) is 0 Å². The van der Waals surface area contributed by atoms with Crippen molar-refractivity contribution in [3.8, 4) is 11.5 Å². The second-order valence-electron chi connectivity index (χ2n) is 6.75. The van der Waals surface area contributed by atoms with E-state index in [0.29, 0.717) is 32.8 Å². The third kappa shape index (κ3) is 7.27. The maximum absolute atomic E-state index is 12.0. The number of hydrogen-bond donors (Lipinski definition) is 1. The van der Waals surface area contributed by atoms with Crippen molar-refractivity contribution >= 4 is 46.8 Å². The van der Waals surface area contributed by atoms with E-state index in [1.807, 2.05) is 0 Å². The number of anilines is 1. The van der Waals surface area contributed by atoms with Crippen molar-refractivity contribution in [2.45, 2.75) is 6.61 Å². The van der Waals surface area contributed by atoms with E-state index in [1.165, 1.54) is 13.2 Å². The van der Waals surface area contributed by atoms with Gasteiger partial charge < -0.3 is 19.5 Å². The molecule has 0 aliphatic rings. The quantitative estimate of drug-likeness (QED) is 0.307. The molecule has 0 atom stereocenters. The number of hydrogen-bond acceptors (Lipinski definition) is 5. The topological polar surface area (TPSA) is 73.9 Å². The zero-order chi connectivity index (χ0) is 23.6. The van der Waals surface area contributed by atoms with Gasteiger partial charge in [-0.1, -0.05) is 53.5 Å². The molecule has 0 spiro atoms. The number of esters is 1. The molecule has 0 aliphatic heterocycles. The molecule has 0 bridgehead atoms. The third-order valence-corrected chi connectivity index (χ3v) is 5.17. The standard InChI is InChI=1S/C25H21Cl2NO5/c1-31-23-8-3-2-7-22(23)28-24(29)16-33-25(30)14-11-17-9-12-18(13-10-17)32-15-19-20(26)5-4-6-21(19)27/h2-14H,15-16H2,1H3,(H,28,29)/b14-11+. The summed E-state index contributed by atoms with van der Waals surface area (Å²) in [6, 6.07) is 19.3. The first-order valence-electron chi connectivity index (χ1n) is 9.89. The van der Waals surface area contributed by atoms with Crippen LogP contribution in [-0.4, -0.2) is 25.6 Å². The summed E-state index contributed by atoms with van der Waals surface area (Å²) in [5.74, 6) is 0.0263. The lowest BCUT2D eigenvalue weighted by atomic mass is 10.2. The van der Waals surface area contributed by atoms with E-state index in [0.717, 1.165) is 5.56 Å². The van der Waals surface area contributed by atoms with Crippen molar-refractivity contribution < 1.29 is 23.8 Å². The van der Waals surface area contributed by atoms with Gasteiger partial charge in [0.2, 0.25) is 0 Å². The monoisotopic (exact) mass is 485 g/mol. The predicted octanol–water partition coefficient (Wildman–Crippen LogP) is 5.78. The van der Waals surface area contributed by atoms with Gasteiger partial charge in [-0.25, -0.2) is 4.79 Å². The first-order chi connectivity index (χ1) is 16.0. The van der Waals surface area contributed by atoms with Gasteiger partial charge in [0.1, 0.15) is 18.1 Å². The summed E-state index contributed by atoms with van der Waals surface area (Å²) < 4.78 is 15.9. The van der Waals surface area contributed by atoms with Gasteiger partial charge in [-0.2, -0.15) is 0 Å². The van der Waals surface area contributed by atoms with E-state index in [2.05, 4.69) is 5.32 Å². The fourth-order valence-electron chi connectivity index (χ4n) is 2.78. The van der Waals surface area contributed by atoms with E-state index in [1.54, 1.807) is 72.8 Å². The number of ether oxygens (including phenoxy) is 3. The van der Waals surface area contributed by atoms with Crippen LogP contribution >= 0.6 is 23.2 Å². The molecule has 0 aliphatic carbocycles. The number of carbonyl (C=O) groups excluding carboxylic acids is 2. The van der Waals surface area contributed by atoms with Crippen LogP contribution in [0.25, 0.3) is 6.08 Å². The maximum atomic E-state index is 12.0. The van der Waals surface area contributed by atoms with Crippen LogP contribution in [0.4, 0.5) is 5.69 Å². The second kappa shape index (κ2) is 11.9. The van der Waals surface area contributed by atoms with Crippen LogP contribution in [0.15, 0.2) is 72.8 Å². The number of rotatable bonds is 9.